The topological polar surface area (TPSA) is 84.2 Å². The molecule has 1 rings (SSSR count). The summed E-state index contributed by atoms with van der Waals surface area (Å²) in [6.45, 7) is 5.28. The highest BCUT2D eigenvalue weighted by molar-refractivity contribution is 7.90. The van der Waals surface area contributed by atoms with E-state index in [1.54, 1.807) is 45.0 Å². The SMILES string of the molecule is CC(C)(C)NS(=O)(=O)Nc1cccc(C(N)=S)c1. The lowest BCUT2D eigenvalue weighted by molar-refractivity contribution is 0.494. The molecule has 7 heteroatoms. The summed E-state index contributed by atoms with van der Waals surface area (Å²) in [5, 5.41) is 0. The lowest BCUT2D eigenvalue weighted by Crippen LogP contribution is -2.43. The summed E-state index contributed by atoms with van der Waals surface area (Å²) >= 11 is 4.84. The van der Waals surface area contributed by atoms with Gasteiger partial charge in [-0.3, -0.25) is 4.72 Å². The predicted molar refractivity (Wildman–Crippen MR) is 77.8 cm³/mol. The zero-order valence-corrected chi connectivity index (χ0v) is 12.2. The van der Waals surface area contributed by atoms with Crippen LogP contribution in [-0.2, 0) is 10.2 Å². The molecule has 5 nitrogen and oxygen atoms in total. The van der Waals surface area contributed by atoms with E-state index in [-0.39, 0.29) is 4.99 Å². The molecule has 1 aromatic rings. The Kier molecular flexibility index (Phi) is 4.31. The fraction of sp³-hybridized carbons (Fsp3) is 0.364. The quantitative estimate of drug-likeness (QED) is 0.730. The second kappa shape index (κ2) is 5.21. The smallest absolute Gasteiger partial charge is 0.299 e. The molecule has 0 aliphatic heterocycles. The Balaban J connectivity index is 2.91. The molecule has 0 saturated carbocycles. The molecule has 1 aromatic carbocycles. The predicted octanol–water partition coefficient (Wildman–Crippen LogP) is 1.37. The Bertz CT molecular complexity index is 548. The van der Waals surface area contributed by atoms with Crippen molar-refractivity contribution in [2.24, 2.45) is 5.73 Å². The molecule has 0 saturated heterocycles. The van der Waals surface area contributed by atoms with E-state index in [9.17, 15) is 8.42 Å². The van der Waals surface area contributed by atoms with Gasteiger partial charge in [0, 0.05) is 11.1 Å². The Morgan fingerprint density at radius 3 is 2.44 bits per heavy atom. The number of nitrogens with one attached hydrogen (secondary N) is 2. The third-order valence-corrected chi connectivity index (χ3v) is 3.46. The van der Waals surface area contributed by atoms with Crippen molar-refractivity contribution in [1.29, 1.82) is 0 Å². The summed E-state index contributed by atoms with van der Waals surface area (Å²) in [5.74, 6) is 0. The van der Waals surface area contributed by atoms with Crippen LogP contribution < -0.4 is 15.2 Å². The maximum absolute atomic E-state index is 11.8. The minimum atomic E-state index is -3.62. The number of hydrogen-bond donors (Lipinski definition) is 3. The molecule has 0 aliphatic carbocycles. The molecule has 0 heterocycles. The minimum absolute atomic E-state index is 0.222. The second-order valence-electron chi connectivity index (χ2n) is 4.90. The molecule has 0 aromatic heterocycles. The van der Waals surface area contributed by atoms with E-state index in [4.69, 9.17) is 18.0 Å². The van der Waals surface area contributed by atoms with Crippen LogP contribution in [0, 0.1) is 0 Å². The lowest BCUT2D eigenvalue weighted by Gasteiger charge is -2.21. The summed E-state index contributed by atoms with van der Waals surface area (Å²) in [7, 11) is -3.62. The van der Waals surface area contributed by atoms with Crippen LogP contribution >= 0.6 is 12.2 Å². The normalized spacial score (nSPS) is 12.2. The standard InChI is InChI=1S/C11H17N3O2S2/c1-11(2,3)14-18(15,16)13-9-6-4-5-8(7-9)10(12)17/h4-7,13-14H,1-3H3,(H2,12,17). The van der Waals surface area contributed by atoms with Crippen LogP contribution in [-0.4, -0.2) is 18.9 Å². The average molecular weight is 287 g/mol. The number of anilines is 1. The van der Waals surface area contributed by atoms with Gasteiger partial charge in [-0.05, 0) is 32.9 Å². The van der Waals surface area contributed by atoms with Gasteiger partial charge in [-0.1, -0.05) is 24.4 Å². The van der Waals surface area contributed by atoms with Gasteiger partial charge in [0.25, 0.3) is 10.2 Å². The van der Waals surface area contributed by atoms with Gasteiger partial charge in [0.15, 0.2) is 0 Å². The fourth-order valence-electron chi connectivity index (χ4n) is 1.32. The van der Waals surface area contributed by atoms with Gasteiger partial charge in [0.2, 0.25) is 0 Å². The van der Waals surface area contributed by atoms with Gasteiger partial charge in [0.05, 0.1) is 5.69 Å². The van der Waals surface area contributed by atoms with Crippen LogP contribution in [0.2, 0.25) is 0 Å². The molecule has 0 amide bonds. The van der Waals surface area contributed by atoms with Gasteiger partial charge in [-0.15, -0.1) is 0 Å². The first-order valence-electron chi connectivity index (χ1n) is 5.31. The molecule has 0 fully saturated rings. The van der Waals surface area contributed by atoms with E-state index in [0.29, 0.717) is 11.3 Å². The molecule has 0 aliphatic rings. The zero-order chi connectivity index (χ0) is 14.0. The maximum Gasteiger partial charge on any atom is 0.299 e. The summed E-state index contributed by atoms with van der Waals surface area (Å²) in [5.41, 5.74) is 5.96. The molecule has 0 radical (unpaired) electrons. The number of nitrogens with two attached hydrogens (primary N) is 1. The van der Waals surface area contributed by atoms with Crippen LogP contribution in [0.15, 0.2) is 24.3 Å². The number of hydrogen-bond acceptors (Lipinski definition) is 3. The van der Waals surface area contributed by atoms with Gasteiger partial charge in [-0.25, -0.2) is 0 Å². The Hall–Kier alpha value is -1.18. The number of rotatable bonds is 4. The molecule has 0 atom stereocenters. The molecule has 4 N–H and O–H groups in total. The van der Waals surface area contributed by atoms with Crippen molar-refractivity contribution in [3.05, 3.63) is 29.8 Å². The van der Waals surface area contributed by atoms with Crippen LogP contribution in [0.25, 0.3) is 0 Å². The van der Waals surface area contributed by atoms with Crippen LogP contribution in [0.1, 0.15) is 26.3 Å². The molecule has 0 spiro atoms. The highest BCUT2D eigenvalue weighted by atomic mass is 32.2. The van der Waals surface area contributed by atoms with Crippen LogP contribution in [0.4, 0.5) is 5.69 Å². The first kappa shape index (κ1) is 14.9. The summed E-state index contributed by atoms with van der Waals surface area (Å²) in [6, 6.07) is 6.62. The maximum atomic E-state index is 11.8. The first-order chi connectivity index (χ1) is 8.09. The molecule has 0 unspecified atom stereocenters. The highest BCUT2D eigenvalue weighted by Gasteiger charge is 2.19. The van der Waals surface area contributed by atoms with Gasteiger partial charge in [0.1, 0.15) is 4.99 Å². The molecular formula is C11H17N3O2S2. The van der Waals surface area contributed by atoms with Crippen molar-refractivity contribution in [2.45, 2.75) is 26.3 Å². The van der Waals surface area contributed by atoms with E-state index in [2.05, 4.69) is 9.44 Å². The number of benzene rings is 1. The molecular weight excluding hydrogens is 270 g/mol. The van der Waals surface area contributed by atoms with Crippen molar-refractivity contribution in [3.8, 4) is 0 Å². The Morgan fingerprint density at radius 2 is 1.94 bits per heavy atom. The monoisotopic (exact) mass is 287 g/mol. The van der Waals surface area contributed by atoms with Crippen molar-refractivity contribution < 1.29 is 8.42 Å². The van der Waals surface area contributed by atoms with Crippen molar-refractivity contribution in [2.75, 3.05) is 4.72 Å². The van der Waals surface area contributed by atoms with E-state index in [0.717, 1.165) is 0 Å². The largest absolute Gasteiger partial charge is 0.389 e. The average Bonchev–Trinajstić information content (AvgIpc) is 2.12. The zero-order valence-electron chi connectivity index (χ0n) is 10.5. The minimum Gasteiger partial charge on any atom is -0.389 e. The highest BCUT2D eigenvalue weighted by Crippen LogP contribution is 2.13. The first-order valence-corrected chi connectivity index (χ1v) is 7.20. The second-order valence-corrected chi connectivity index (χ2v) is 6.76. The third-order valence-electron chi connectivity index (χ3n) is 1.84. The van der Waals surface area contributed by atoms with Crippen LogP contribution in [0.5, 0.6) is 0 Å². The molecule has 100 valence electrons. The van der Waals surface area contributed by atoms with E-state index < -0.39 is 15.7 Å². The Labute approximate surface area is 113 Å². The number of thiocarbonyl (C=S) groups is 1. The summed E-state index contributed by atoms with van der Waals surface area (Å²) in [6.07, 6.45) is 0. The van der Waals surface area contributed by atoms with Gasteiger partial charge in [-0.2, -0.15) is 13.1 Å². The third kappa shape index (κ3) is 4.99. The Morgan fingerprint density at radius 1 is 1.33 bits per heavy atom. The van der Waals surface area contributed by atoms with E-state index in [1.807, 2.05) is 0 Å². The van der Waals surface area contributed by atoms with Crippen molar-refractivity contribution in [1.82, 2.24) is 4.72 Å². The molecule has 0 bridgehead atoms. The van der Waals surface area contributed by atoms with Crippen molar-refractivity contribution >= 4 is 33.1 Å². The van der Waals surface area contributed by atoms with Gasteiger partial charge < -0.3 is 5.73 Å². The van der Waals surface area contributed by atoms with Gasteiger partial charge >= 0.3 is 0 Å². The summed E-state index contributed by atoms with van der Waals surface area (Å²) in [4.78, 5) is 0.222. The van der Waals surface area contributed by atoms with E-state index in [1.165, 1.54) is 0 Å². The molecule has 18 heavy (non-hydrogen) atoms. The van der Waals surface area contributed by atoms with E-state index >= 15 is 0 Å². The fourth-order valence-corrected chi connectivity index (χ4v) is 2.74. The lowest BCUT2D eigenvalue weighted by atomic mass is 10.1. The summed E-state index contributed by atoms with van der Waals surface area (Å²) < 4.78 is 28.5. The van der Waals surface area contributed by atoms with Crippen LogP contribution in [0.3, 0.4) is 0 Å². The van der Waals surface area contributed by atoms with Crippen molar-refractivity contribution in [3.63, 3.8) is 0 Å².